The first-order valence-corrected chi connectivity index (χ1v) is 6.39. The fourth-order valence-electron chi connectivity index (χ4n) is 3.38. The number of fused-ring (bicyclic) bond motifs is 1. The van der Waals surface area contributed by atoms with E-state index in [1.54, 1.807) is 12.3 Å². The number of pyridine rings is 1. The Morgan fingerprint density at radius 2 is 2.41 bits per heavy atom. The molecule has 2 saturated heterocycles. The standard InChI is InChI=1S/C13H18FN3/c1-2-12-10-7-15-6-9(10)8-17(12)13-11(14)4-3-5-16-13/h3-5,9-10,12,15H,2,6-8H2,1H3. The Kier molecular flexibility index (Phi) is 2.74. The summed E-state index contributed by atoms with van der Waals surface area (Å²) in [4.78, 5) is 6.39. The zero-order valence-corrected chi connectivity index (χ0v) is 10.1. The van der Waals surface area contributed by atoms with Gasteiger partial charge in [0.2, 0.25) is 0 Å². The van der Waals surface area contributed by atoms with Crippen molar-refractivity contribution in [2.75, 3.05) is 24.5 Å². The molecule has 0 aliphatic carbocycles. The third-order valence-electron chi connectivity index (χ3n) is 4.15. The number of halogens is 1. The fourth-order valence-corrected chi connectivity index (χ4v) is 3.38. The molecular weight excluding hydrogens is 217 g/mol. The summed E-state index contributed by atoms with van der Waals surface area (Å²) in [5, 5.41) is 3.43. The van der Waals surface area contributed by atoms with Crippen molar-refractivity contribution < 1.29 is 4.39 Å². The van der Waals surface area contributed by atoms with Gasteiger partial charge in [0.1, 0.15) is 0 Å². The van der Waals surface area contributed by atoms with Crippen LogP contribution >= 0.6 is 0 Å². The number of aromatic nitrogens is 1. The molecule has 3 heterocycles. The number of anilines is 1. The van der Waals surface area contributed by atoms with Crippen molar-refractivity contribution in [2.45, 2.75) is 19.4 Å². The first kappa shape index (κ1) is 11.0. The summed E-state index contributed by atoms with van der Waals surface area (Å²) in [5.41, 5.74) is 0. The van der Waals surface area contributed by atoms with Crippen LogP contribution in [-0.2, 0) is 0 Å². The van der Waals surface area contributed by atoms with Crippen LogP contribution in [0.2, 0.25) is 0 Å². The molecule has 2 fully saturated rings. The van der Waals surface area contributed by atoms with Crippen LogP contribution in [0, 0.1) is 17.7 Å². The monoisotopic (exact) mass is 235 g/mol. The topological polar surface area (TPSA) is 28.2 Å². The molecule has 0 radical (unpaired) electrons. The van der Waals surface area contributed by atoms with Crippen LogP contribution < -0.4 is 10.2 Å². The van der Waals surface area contributed by atoms with Crippen molar-refractivity contribution in [1.29, 1.82) is 0 Å². The number of hydrogen-bond donors (Lipinski definition) is 1. The molecule has 4 heteroatoms. The Bertz CT molecular complexity index is 409. The number of rotatable bonds is 2. The summed E-state index contributed by atoms with van der Waals surface area (Å²) < 4.78 is 13.8. The minimum Gasteiger partial charge on any atom is -0.351 e. The molecule has 3 nitrogen and oxygen atoms in total. The van der Waals surface area contributed by atoms with E-state index in [9.17, 15) is 4.39 Å². The lowest BCUT2D eigenvalue weighted by Gasteiger charge is -2.28. The highest BCUT2D eigenvalue weighted by Crippen LogP contribution is 2.37. The first-order valence-electron chi connectivity index (χ1n) is 6.39. The molecule has 0 amide bonds. The summed E-state index contributed by atoms with van der Waals surface area (Å²) in [7, 11) is 0. The minimum atomic E-state index is -0.195. The molecule has 3 unspecified atom stereocenters. The van der Waals surface area contributed by atoms with Crippen molar-refractivity contribution in [3.05, 3.63) is 24.1 Å². The predicted molar refractivity (Wildman–Crippen MR) is 65.5 cm³/mol. The average molecular weight is 235 g/mol. The van der Waals surface area contributed by atoms with Crippen molar-refractivity contribution in [3.8, 4) is 0 Å². The van der Waals surface area contributed by atoms with Crippen molar-refractivity contribution in [1.82, 2.24) is 10.3 Å². The van der Waals surface area contributed by atoms with Gasteiger partial charge in [-0.25, -0.2) is 9.37 Å². The maximum Gasteiger partial charge on any atom is 0.165 e. The van der Waals surface area contributed by atoms with E-state index in [0.717, 1.165) is 26.1 Å². The molecule has 92 valence electrons. The molecule has 17 heavy (non-hydrogen) atoms. The lowest BCUT2D eigenvalue weighted by atomic mass is 9.93. The van der Waals surface area contributed by atoms with Crippen LogP contribution in [0.1, 0.15) is 13.3 Å². The third kappa shape index (κ3) is 1.71. The van der Waals surface area contributed by atoms with Gasteiger partial charge >= 0.3 is 0 Å². The van der Waals surface area contributed by atoms with Gasteiger partial charge in [-0.05, 0) is 30.4 Å². The molecule has 0 spiro atoms. The Morgan fingerprint density at radius 1 is 1.53 bits per heavy atom. The summed E-state index contributed by atoms with van der Waals surface area (Å²) in [6, 6.07) is 3.58. The maximum absolute atomic E-state index is 13.8. The summed E-state index contributed by atoms with van der Waals surface area (Å²) in [6.45, 7) is 5.24. The van der Waals surface area contributed by atoms with Crippen LogP contribution in [0.15, 0.2) is 18.3 Å². The lowest BCUT2D eigenvalue weighted by Crippen LogP contribution is -2.36. The second-order valence-corrected chi connectivity index (χ2v) is 5.02. The fraction of sp³-hybridized carbons (Fsp3) is 0.615. The normalized spacial score (nSPS) is 31.9. The molecule has 0 saturated carbocycles. The molecule has 2 aliphatic rings. The van der Waals surface area contributed by atoms with Gasteiger partial charge in [0.15, 0.2) is 11.6 Å². The third-order valence-corrected chi connectivity index (χ3v) is 4.15. The van der Waals surface area contributed by atoms with Gasteiger partial charge in [0.25, 0.3) is 0 Å². The smallest absolute Gasteiger partial charge is 0.165 e. The molecule has 0 aromatic carbocycles. The van der Waals surface area contributed by atoms with Gasteiger partial charge in [0, 0.05) is 31.9 Å². The van der Waals surface area contributed by atoms with Crippen molar-refractivity contribution in [3.63, 3.8) is 0 Å². The summed E-state index contributed by atoms with van der Waals surface area (Å²) in [5.74, 6) is 1.65. The van der Waals surface area contributed by atoms with Crippen LogP contribution in [0.3, 0.4) is 0 Å². The van der Waals surface area contributed by atoms with E-state index in [1.807, 2.05) is 0 Å². The van der Waals surface area contributed by atoms with Crippen LogP contribution in [0.25, 0.3) is 0 Å². The number of hydrogen-bond acceptors (Lipinski definition) is 3. The Hall–Kier alpha value is -1.16. The second kappa shape index (κ2) is 4.26. The number of nitrogens with one attached hydrogen (secondary N) is 1. The SMILES string of the molecule is CCC1C2CNCC2CN1c1ncccc1F. The van der Waals surface area contributed by atoms with Gasteiger partial charge in [-0.15, -0.1) is 0 Å². The molecule has 2 aliphatic heterocycles. The molecular formula is C13H18FN3. The molecule has 1 aromatic heterocycles. The second-order valence-electron chi connectivity index (χ2n) is 5.02. The van der Waals surface area contributed by atoms with E-state index in [0.29, 0.717) is 23.7 Å². The largest absolute Gasteiger partial charge is 0.351 e. The van der Waals surface area contributed by atoms with Crippen LogP contribution in [0.5, 0.6) is 0 Å². The zero-order chi connectivity index (χ0) is 11.8. The lowest BCUT2D eigenvalue weighted by molar-refractivity contribution is 0.440. The van der Waals surface area contributed by atoms with Gasteiger partial charge in [0.05, 0.1) is 0 Å². The molecule has 1 aromatic rings. The molecule has 3 rings (SSSR count). The summed E-state index contributed by atoms with van der Waals surface area (Å²) >= 11 is 0. The summed E-state index contributed by atoms with van der Waals surface area (Å²) in [6.07, 6.45) is 2.73. The highest BCUT2D eigenvalue weighted by atomic mass is 19.1. The average Bonchev–Trinajstić information content (AvgIpc) is 2.89. The van der Waals surface area contributed by atoms with Crippen LogP contribution in [-0.4, -0.2) is 30.7 Å². The van der Waals surface area contributed by atoms with Gasteiger partial charge in [-0.1, -0.05) is 6.92 Å². The Morgan fingerprint density at radius 3 is 3.18 bits per heavy atom. The van der Waals surface area contributed by atoms with Gasteiger partial charge in [-0.2, -0.15) is 0 Å². The number of nitrogens with zero attached hydrogens (tertiary/aromatic N) is 2. The van der Waals surface area contributed by atoms with E-state index >= 15 is 0 Å². The van der Waals surface area contributed by atoms with E-state index in [1.165, 1.54) is 6.07 Å². The molecule has 1 N–H and O–H groups in total. The van der Waals surface area contributed by atoms with E-state index < -0.39 is 0 Å². The molecule has 0 bridgehead atoms. The van der Waals surface area contributed by atoms with Crippen molar-refractivity contribution >= 4 is 5.82 Å². The van der Waals surface area contributed by atoms with E-state index in [4.69, 9.17) is 0 Å². The minimum absolute atomic E-state index is 0.195. The zero-order valence-electron chi connectivity index (χ0n) is 10.1. The van der Waals surface area contributed by atoms with E-state index in [-0.39, 0.29) is 5.82 Å². The Balaban J connectivity index is 1.91. The maximum atomic E-state index is 13.8. The highest BCUT2D eigenvalue weighted by molar-refractivity contribution is 5.43. The quantitative estimate of drug-likeness (QED) is 0.845. The molecule has 3 atom stereocenters. The van der Waals surface area contributed by atoms with Crippen molar-refractivity contribution in [2.24, 2.45) is 11.8 Å². The van der Waals surface area contributed by atoms with Crippen LogP contribution in [0.4, 0.5) is 10.2 Å². The van der Waals surface area contributed by atoms with E-state index in [2.05, 4.69) is 22.1 Å². The first-order chi connectivity index (χ1) is 8.31. The van der Waals surface area contributed by atoms with Gasteiger partial charge < -0.3 is 10.2 Å². The highest BCUT2D eigenvalue weighted by Gasteiger charge is 2.44. The predicted octanol–water partition coefficient (Wildman–Crippen LogP) is 1.65. The van der Waals surface area contributed by atoms with Gasteiger partial charge in [-0.3, -0.25) is 0 Å². The Labute approximate surface area is 101 Å².